The van der Waals surface area contributed by atoms with Crippen molar-refractivity contribution in [2.45, 2.75) is 26.3 Å². The zero-order valence-corrected chi connectivity index (χ0v) is 17.0. The Morgan fingerprint density at radius 3 is 2.42 bits per heavy atom. The second kappa shape index (κ2) is 8.29. The summed E-state index contributed by atoms with van der Waals surface area (Å²) < 4.78 is 25.9. The fourth-order valence-corrected chi connectivity index (χ4v) is 4.20. The summed E-state index contributed by atoms with van der Waals surface area (Å²) >= 11 is 12.1. The van der Waals surface area contributed by atoms with Crippen LogP contribution < -0.4 is 9.62 Å². The summed E-state index contributed by atoms with van der Waals surface area (Å²) in [5, 5.41) is 3.68. The number of hydrogen-bond donors (Lipinski definition) is 1. The molecule has 0 bridgehead atoms. The molecule has 1 N–H and O–H groups in total. The summed E-state index contributed by atoms with van der Waals surface area (Å²) in [6.45, 7) is 3.53. The van der Waals surface area contributed by atoms with E-state index < -0.39 is 22.0 Å². The third-order valence-electron chi connectivity index (χ3n) is 3.92. The van der Waals surface area contributed by atoms with Crippen molar-refractivity contribution < 1.29 is 13.2 Å². The van der Waals surface area contributed by atoms with Gasteiger partial charge in [-0.3, -0.25) is 9.10 Å². The van der Waals surface area contributed by atoms with Gasteiger partial charge in [-0.25, -0.2) is 8.42 Å². The number of carbonyl (C=O) groups excluding carboxylic acids is 1. The summed E-state index contributed by atoms with van der Waals surface area (Å²) in [5.41, 5.74) is 1.59. The van der Waals surface area contributed by atoms with Crippen molar-refractivity contribution in [1.82, 2.24) is 0 Å². The highest BCUT2D eigenvalue weighted by Gasteiger charge is 2.31. The zero-order chi connectivity index (χ0) is 19.5. The van der Waals surface area contributed by atoms with Crippen molar-refractivity contribution in [3.63, 3.8) is 0 Å². The molecule has 0 aliphatic rings. The van der Waals surface area contributed by atoms with E-state index in [1.165, 1.54) is 6.07 Å². The van der Waals surface area contributed by atoms with Gasteiger partial charge in [-0.05, 0) is 49.2 Å². The van der Waals surface area contributed by atoms with Crippen LogP contribution >= 0.6 is 23.2 Å². The van der Waals surface area contributed by atoms with Crippen LogP contribution in [0.2, 0.25) is 10.0 Å². The van der Waals surface area contributed by atoms with Crippen LogP contribution in [-0.4, -0.2) is 26.6 Å². The van der Waals surface area contributed by atoms with Gasteiger partial charge in [-0.2, -0.15) is 0 Å². The first-order chi connectivity index (χ1) is 12.1. The number of hydrogen-bond acceptors (Lipinski definition) is 3. The van der Waals surface area contributed by atoms with Crippen LogP contribution in [0.3, 0.4) is 0 Å². The topological polar surface area (TPSA) is 66.5 Å². The molecular weight excluding hydrogens is 395 g/mol. The van der Waals surface area contributed by atoms with Crippen LogP contribution in [0.25, 0.3) is 0 Å². The zero-order valence-electron chi connectivity index (χ0n) is 14.7. The van der Waals surface area contributed by atoms with E-state index in [0.29, 0.717) is 27.0 Å². The molecule has 0 saturated carbocycles. The van der Waals surface area contributed by atoms with Crippen molar-refractivity contribution >= 4 is 50.5 Å². The van der Waals surface area contributed by atoms with E-state index >= 15 is 0 Å². The lowest BCUT2D eigenvalue weighted by Crippen LogP contribution is -2.47. The quantitative estimate of drug-likeness (QED) is 0.756. The summed E-state index contributed by atoms with van der Waals surface area (Å²) in [6.07, 6.45) is 1.35. The first-order valence-electron chi connectivity index (χ1n) is 7.96. The fourth-order valence-electron chi connectivity index (χ4n) is 2.63. The number of anilines is 2. The lowest BCUT2D eigenvalue weighted by atomic mass is 10.1. The highest BCUT2D eigenvalue weighted by molar-refractivity contribution is 7.92. The summed E-state index contributed by atoms with van der Waals surface area (Å²) in [4.78, 5) is 12.9. The minimum Gasteiger partial charge on any atom is -0.324 e. The second-order valence-electron chi connectivity index (χ2n) is 5.86. The van der Waals surface area contributed by atoms with Crippen LogP contribution in [0.4, 0.5) is 11.4 Å². The van der Waals surface area contributed by atoms with Gasteiger partial charge in [0.1, 0.15) is 6.04 Å². The smallest absolute Gasteiger partial charge is 0.248 e. The monoisotopic (exact) mass is 414 g/mol. The van der Waals surface area contributed by atoms with Crippen molar-refractivity contribution in [3.8, 4) is 0 Å². The molecule has 0 aliphatic carbocycles. The van der Waals surface area contributed by atoms with Crippen LogP contribution in [0.15, 0.2) is 42.5 Å². The molecule has 0 aromatic heterocycles. The van der Waals surface area contributed by atoms with Gasteiger partial charge >= 0.3 is 0 Å². The lowest BCUT2D eigenvalue weighted by molar-refractivity contribution is -0.117. The third kappa shape index (κ3) is 4.69. The van der Waals surface area contributed by atoms with Crippen molar-refractivity contribution in [2.24, 2.45) is 0 Å². The third-order valence-corrected chi connectivity index (χ3v) is 5.74. The van der Waals surface area contributed by atoms with Gasteiger partial charge in [0, 0.05) is 15.7 Å². The Bertz CT molecular complexity index is 916. The molecule has 8 heteroatoms. The average molecular weight is 415 g/mol. The second-order valence-corrected chi connectivity index (χ2v) is 8.57. The van der Waals surface area contributed by atoms with E-state index in [9.17, 15) is 13.2 Å². The lowest BCUT2D eigenvalue weighted by Gasteiger charge is -2.30. The van der Waals surface area contributed by atoms with Crippen LogP contribution in [0, 0.1) is 6.92 Å². The summed E-state index contributed by atoms with van der Waals surface area (Å²) in [7, 11) is -3.71. The number of nitrogens with one attached hydrogen (secondary N) is 1. The Kier molecular flexibility index (Phi) is 6.55. The Hall–Kier alpha value is -1.76. The van der Waals surface area contributed by atoms with E-state index in [1.54, 1.807) is 50.2 Å². The number of sulfonamides is 1. The predicted molar refractivity (Wildman–Crippen MR) is 108 cm³/mol. The maximum absolute atomic E-state index is 12.9. The average Bonchev–Trinajstić information content (AvgIpc) is 2.55. The molecule has 1 amide bonds. The molecule has 0 fully saturated rings. The molecule has 0 spiro atoms. The minimum absolute atomic E-state index is 0.283. The van der Waals surface area contributed by atoms with Gasteiger partial charge in [0.2, 0.25) is 15.9 Å². The van der Waals surface area contributed by atoms with Crippen LogP contribution in [-0.2, 0) is 14.8 Å². The largest absolute Gasteiger partial charge is 0.324 e. The van der Waals surface area contributed by atoms with Gasteiger partial charge in [-0.1, -0.05) is 42.3 Å². The number of rotatable bonds is 6. The Morgan fingerprint density at radius 1 is 1.19 bits per heavy atom. The Balaban J connectivity index is 2.42. The first kappa shape index (κ1) is 20.6. The number of nitrogens with zero attached hydrogens (tertiary/aromatic N) is 1. The van der Waals surface area contributed by atoms with Gasteiger partial charge in [-0.15, -0.1) is 0 Å². The SMILES string of the molecule is CC[C@@H](C(=O)Nc1cccc(Cl)c1C)N(c1cccc(Cl)c1)S(C)(=O)=O. The van der Waals surface area contributed by atoms with Crippen molar-refractivity contribution in [1.29, 1.82) is 0 Å². The molecule has 1 atom stereocenters. The standard InChI is InChI=1S/C18H20Cl2N2O3S/c1-4-17(18(23)21-16-10-6-9-15(20)12(16)2)22(26(3,24)25)14-8-5-7-13(19)11-14/h5-11,17H,4H2,1-3H3,(H,21,23)/t17-/m0/s1. The molecule has 26 heavy (non-hydrogen) atoms. The Labute approximate surface area is 164 Å². The number of carbonyl (C=O) groups is 1. The maximum Gasteiger partial charge on any atom is 0.248 e. The van der Waals surface area contributed by atoms with Crippen molar-refractivity contribution in [2.75, 3.05) is 15.9 Å². The van der Waals surface area contributed by atoms with Gasteiger partial charge in [0.05, 0.1) is 11.9 Å². The molecule has 0 radical (unpaired) electrons. The van der Waals surface area contributed by atoms with Gasteiger partial charge in [0.25, 0.3) is 0 Å². The molecule has 0 unspecified atom stereocenters. The maximum atomic E-state index is 12.9. The highest BCUT2D eigenvalue weighted by atomic mass is 35.5. The first-order valence-corrected chi connectivity index (χ1v) is 10.6. The molecule has 140 valence electrons. The molecule has 0 aliphatic heterocycles. The van der Waals surface area contributed by atoms with E-state index in [0.717, 1.165) is 10.6 Å². The summed E-state index contributed by atoms with van der Waals surface area (Å²) in [5.74, 6) is -0.441. The summed E-state index contributed by atoms with van der Waals surface area (Å²) in [6, 6.07) is 10.6. The minimum atomic E-state index is -3.71. The molecule has 0 heterocycles. The number of benzene rings is 2. The molecule has 2 aromatic rings. The molecule has 5 nitrogen and oxygen atoms in total. The van der Waals surface area contributed by atoms with E-state index in [1.807, 2.05) is 0 Å². The number of halogens is 2. The van der Waals surface area contributed by atoms with E-state index in [-0.39, 0.29) is 6.42 Å². The van der Waals surface area contributed by atoms with E-state index in [2.05, 4.69) is 5.32 Å². The van der Waals surface area contributed by atoms with Gasteiger partial charge in [0.15, 0.2) is 0 Å². The molecule has 0 saturated heterocycles. The van der Waals surface area contributed by atoms with Gasteiger partial charge < -0.3 is 5.32 Å². The van der Waals surface area contributed by atoms with Crippen LogP contribution in [0.1, 0.15) is 18.9 Å². The normalized spacial score (nSPS) is 12.5. The number of amides is 1. The Morgan fingerprint density at radius 2 is 1.85 bits per heavy atom. The molecule has 2 rings (SSSR count). The highest BCUT2D eigenvalue weighted by Crippen LogP contribution is 2.27. The molecular formula is C18H20Cl2N2O3S. The van der Waals surface area contributed by atoms with E-state index in [4.69, 9.17) is 23.2 Å². The van der Waals surface area contributed by atoms with Crippen LogP contribution in [0.5, 0.6) is 0 Å². The molecule has 2 aromatic carbocycles. The predicted octanol–water partition coefficient (Wildman–Crippen LogP) is 4.49. The van der Waals surface area contributed by atoms with Crippen molar-refractivity contribution in [3.05, 3.63) is 58.1 Å². The fraction of sp³-hybridized carbons (Fsp3) is 0.278.